The second kappa shape index (κ2) is 9.24. The van der Waals surface area contributed by atoms with Crippen molar-refractivity contribution in [2.24, 2.45) is 5.92 Å². The lowest BCUT2D eigenvalue weighted by Gasteiger charge is -2.31. The Morgan fingerprint density at radius 3 is 2.42 bits per heavy atom. The molecule has 1 fully saturated rings. The van der Waals surface area contributed by atoms with Crippen molar-refractivity contribution in [2.45, 2.75) is 32.9 Å². The minimum Gasteiger partial charge on any atom is -0.490 e. The molecule has 2 aromatic heterocycles. The summed E-state index contributed by atoms with van der Waals surface area (Å²) in [5.41, 5.74) is 2.22. The summed E-state index contributed by atoms with van der Waals surface area (Å²) in [5, 5.41) is 10.8. The number of benzene rings is 1. The smallest absolute Gasteiger partial charge is 0.453 e. The van der Waals surface area contributed by atoms with Crippen LogP contribution in [0.5, 0.6) is 5.75 Å². The van der Waals surface area contributed by atoms with Gasteiger partial charge < -0.3 is 14.4 Å². The highest BCUT2D eigenvalue weighted by Gasteiger charge is 2.38. The summed E-state index contributed by atoms with van der Waals surface area (Å²) in [6.45, 7) is 5.33. The molecule has 8 nitrogen and oxygen atoms in total. The Morgan fingerprint density at radius 1 is 1.06 bits per heavy atom. The molecule has 0 N–H and O–H groups in total. The maximum absolute atomic E-state index is 13.1. The number of alkyl halides is 3. The zero-order valence-electron chi connectivity index (χ0n) is 18.3. The van der Waals surface area contributed by atoms with Crippen molar-refractivity contribution in [1.82, 2.24) is 19.8 Å². The second-order valence-corrected chi connectivity index (χ2v) is 8.08. The first-order valence-corrected chi connectivity index (χ1v) is 10.6. The van der Waals surface area contributed by atoms with E-state index in [9.17, 15) is 18.0 Å². The van der Waals surface area contributed by atoms with Gasteiger partial charge in [-0.25, -0.2) is 0 Å². The third kappa shape index (κ3) is 5.35. The van der Waals surface area contributed by atoms with E-state index in [4.69, 9.17) is 9.47 Å². The molecule has 0 radical (unpaired) electrons. The van der Waals surface area contributed by atoms with Crippen molar-refractivity contribution in [3.63, 3.8) is 0 Å². The lowest BCUT2D eigenvalue weighted by Crippen LogP contribution is -2.38. The number of aromatic nitrogens is 4. The number of carbonyl (C=O) groups excluding carboxylic acids is 1. The molecule has 0 atom stereocenters. The van der Waals surface area contributed by atoms with E-state index in [1.54, 1.807) is 6.07 Å². The number of anilines is 1. The topological polar surface area (TPSA) is 81.9 Å². The molecule has 0 saturated carbocycles. The van der Waals surface area contributed by atoms with Gasteiger partial charge in [0.2, 0.25) is 0 Å². The van der Waals surface area contributed by atoms with Gasteiger partial charge in [0, 0.05) is 13.1 Å². The molecular formula is C22H24F3N5O3. The van der Waals surface area contributed by atoms with Gasteiger partial charge in [-0.15, -0.1) is 15.3 Å². The third-order valence-electron chi connectivity index (χ3n) is 5.45. The van der Waals surface area contributed by atoms with Crippen LogP contribution in [0.15, 0.2) is 30.3 Å². The molecule has 3 heterocycles. The van der Waals surface area contributed by atoms with E-state index in [0.29, 0.717) is 36.3 Å². The summed E-state index contributed by atoms with van der Waals surface area (Å²) in [7, 11) is 0. The Labute approximate surface area is 188 Å². The first-order chi connectivity index (χ1) is 15.7. The molecule has 1 aliphatic rings. The first-order valence-electron chi connectivity index (χ1n) is 10.6. The molecule has 11 heteroatoms. The molecule has 176 valence electrons. The van der Waals surface area contributed by atoms with Crippen LogP contribution in [0.1, 0.15) is 29.8 Å². The summed E-state index contributed by atoms with van der Waals surface area (Å²) >= 11 is 0. The zero-order chi connectivity index (χ0) is 23.6. The zero-order valence-corrected chi connectivity index (χ0v) is 18.3. The SMILES string of the molecule is Cc1cc(C)cc(OCCOC(=O)C2CCN(c3ccc4nnc(C(F)(F)F)n4n3)CC2)c1. The quantitative estimate of drug-likeness (QED) is 0.408. The molecule has 3 aromatic rings. The monoisotopic (exact) mass is 463 g/mol. The fourth-order valence-corrected chi connectivity index (χ4v) is 3.90. The molecule has 1 aliphatic heterocycles. The maximum Gasteiger partial charge on any atom is 0.453 e. The Kier molecular flexibility index (Phi) is 6.39. The normalized spacial score (nSPS) is 15.1. The minimum absolute atomic E-state index is 0.0209. The second-order valence-electron chi connectivity index (χ2n) is 8.08. The summed E-state index contributed by atoms with van der Waals surface area (Å²) < 4.78 is 51.0. The predicted octanol–water partition coefficient (Wildman–Crippen LogP) is 3.60. The van der Waals surface area contributed by atoms with Crippen LogP contribution >= 0.6 is 0 Å². The average Bonchev–Trinajstić information content (AvgIpc) is 3.20. The standard InChI is InChI=1S/C22H24F3N5O3/c1-14-11-15(2)13-17(12-14)32-9-10-33-20(31)16-5-7-29(8-6-16)19-4-3-18-26-27-21(22(23,24)25)30(18)28-19/h3-4,11-13,16H,5-10H2,1-2H3. The van der Waals surface area contributed by atoms with Crippen LogP contribution in [0.2, 0.25) is 0 Å². The van der Waals surface area contributed by atoms with E-state index >= 15 is 0 Å². The van der Waals surface area contributed by atoms with E-state index in [1.165, 1.54) is 6.07 Å². The number of hydrogen-bond acceptors (Lipinski definition) is 7. The van der Waals surface area contributed by atoms with Gasteiger partial charge in [-0.05, 0) is 62.1 Å². The number of carbonyl (C=O) groups is 1. The molecule has 0 bridgehead atoms. The molecule has 0 amide bonds. The van der Waals surface area contributed by atoms with Gasteiger partial charge in [0.25, 0.3) is 5.82 Å². The first kappa shape index (κ1) is 22.8. The van der Waals surface area contributed by atoms with Crippen LogP contribution in [-0.2, 0) is 15.7 Å². The van der Waals surface area contributed by atoms with Crippen molar-refractivity contribution < 1.29 is 27.4 Å². The van der Waals surface area contributed by atoms with Gasteiger partial charge in [-0.2, -0.15) is 17.7 Å². The number of esters is 1. The van der Waals surface area contributed by atoms with E-state index in [-0.39, 0.29) is 30.7 Å². The number of hydrogen-bond donors (Lipinski definition) is 0. The van der Waals surface area contributed by atoms with E-state index in [2.05, 4.69) is 15.3 Å². The molecule has 33 heavy (non-hydrogen) atoms. The number of halogens is 3. The number of fused-ring (bicyclic) bond motifs is 1. The fourth-order valence-electron chi connectivity index (χ4n) is 3.90. The highest BCUT2D eigenvalue weighted by atomic mass is 19.4. The summed E-state index contributed by atoms with van der Waals surface area (Å²) in [6, 6.07) is 8.95. The number of ether oxygens (including phenoxy) is 2. The van der Waals surface area contributed by atoms with Crippen molar-refractivity contribution in [2.75, 3.05) is 31.2 Å². The number of nitrogens with zero attached hydrogens (tertiary/aromatic N) is 5. The summed E-state index contributed by atoms with van der Waals surface area (Å²) in [4.78, 5) is 14.2. The molecule has 0 aliphatic carbocycles. The van der Waals surface area contributed by atoms with Crippen LogP contribution in [-0.4, -0.2) is 52.1 Å². The van der Waals surface area contributed by atoms with Gasteiger partial charge in [0.05, 0.1) is 5.92 Å². The van der Waals surface area contributed by atoms with Crippen molar-refractivity contribution in [3.8, 4) is 5.75 Å². The minimum atomic E-state index is -4.65. The Bertz CT molecular complexity index is 1120. The Balaban J connectivity index is 1.27. The largest absolute Gasteiger partial charge is 0.490 e. The van der Waals surface area contributed by atoms with Crippen molar-refractivity contribution in [1.29, 1.82) is 0 Å². The summed E-state index contributed by atoms with van der Waals surface area (Å²) in [5.74, 6) is -0.613. The molecule has 4 rings (SSSR count). The lowest BCUT2D eigenvalue weighted by atomic mass is 9.97. The molecular weight excluding hydrogens is 439 g/mol. The van der Waals surface area contributed by atoms with Crippen LogP contribution in [0, 0.1) is 19.8 Å². The average molecular weight is 463 g/mol. The number of piperidine rings is 1. The molecule has 1 saturated heterocycles. The van der Waals surface area contributed by atoms with Gasteiger partial charge in [-0.3, -0.25) is 4.79 Å². The van der Waals surface area contributed by atoms with Crippen LogP contribution in [0.4, 0.5) is 19.0 Å². The summed E-state index contributed by atoms with van der Waals surface area (Å²) in [6.07, 6.45) is -3.61. The molecule has 0 spiro atoms. The predicted molar refractivity (Wildman–Crippen MR) is 113 cm³/mol. The van der Waals surface area contributed by atoms with Crippen molar-refractivity contribution in [3.05, 3.63) is 47.3 Å². The van der Waals surface area contributed by atoms with Crippen LogP contribution < -0.4 is 9.64 Å². The lowest BCUT2D eigenvalue weighted by molar-refractivity contribution is -0.150. The highest BCUT2D eigenvalue weighted by Crippen LogP contribution is 2.29. The van der Waals surface area contributed by atoms with Gasteiger partial charge in [0.1, 0.15) is 24.8 Å². The fraction of sp³-hybridized carbons (Fsp3) is 0.455. The van der Waals surface area contributed by atoms with Gasteiger partial charge in [-0.1, -0.05) is 6.07 Å². The Hall–Kier alpha value is -3.37. The molecule has 0 unspecified atom stereocenters. The van der Waals surface area contributed by atoms with Crippen LogP contribution in [0.25, 0.3) is 5.65 Å². The maximum atomic E-state index is 13.1. The number of rotatable bonds is 6. The van der Waals surface area contributed by atoms with Crippen molar-refractivity contribution >= 4 is 17.4 Å². The van der Waals surface area contributed by atoms with Gasteiger partial charge >= 0.3 is 12.1 Å². The highest BCUT2D eigenvalue weighted by molar-refractivity contribution is 5.72. The number of aryl methyl sites for hydroxylation is 2. The third-order valence-corrected chi connectivity index (χ3v) is 5.45. The molecule has 1 aromatic carbocycles. The van der Waals surface area contributed by atoms with E-state index in [0.717, 1.165) is 16.9 Å². The van der Waals surface area contributed by atoms with Gasteiger partial charge in [0.15, 0.2) is 5.65 Å². The van der Waals surface area contributed by atoms with Crippen LogP contribution in [0.3, 0.4) is 0 Å². The van der Waals surface area contributed by atoms with E-state index in [1.807, 2.05) is 36.9 Å². The van der Waals surface area contributed by atoms with E-state index < -0.39 is 12.0 Å². The Morgan fingerprint density at radius 2 is 1.76 bits per heavy atom.